The van der Waals surface area contributed by atoms with Crippen molar-refractivity contribution in [3.63, 3.8) is 0 Å². The Labute approximate surface area is 127 Å². The number of benzene rings is 1. The Morgan fingerprint density at radius 2 is 2.00 bits per heavy atom. The Bertz CT molecular complexity index is 600. The van der Waals surface area contributed by atoms with Crippen LogP contribution in [0.2, 0.25) is 0 Å². The number of nitrogens with one attached hydrogen (secondary N) is 1. The van der Waals surface area contributed by atoms with Gasteiger partial charge in [-0.3, -0.25) is 4.98 Å². The molecule has 3 N–H and O–H groups in total. The van der Waals surface area contributed by atoms with Crippen LogP contribution in [0.15, 0.2) is 30.6 Å². The predicted octanol–water partition coefficient (Wildman–Crippen LogP) is 4.59. The first kappa shape index (κ1) is 14.2. The topological polar surface area (TPSA) is 50.9 Å². The first-order chi connectivity index (χ1) is 10.3. The largest absolute Gasteiger partial charge is 0.397 e. The van der Waals surface area contributed by atoms with E-state index >= 15 is 0 Å². The summed E-state index contributed by atoms with van der Waals surface area (Å²) >= 11 is 0. The van der Waals surface area contributed by atoms with Crippen LogP contribution in [0.25, 0.3) is 10.8 Å². The molecule has 0 bridgehead atoms. The Morgan fingerprint density at radius 1 is 1.19 bits per heavy atom. The summed E-state index contributed by atoms with van der Waals surface area (Å²) in [5, 5.41) is 5.85. The normalized spacial score (nSPS) is 22.3. The second-order valence-corrected chi connectivity index (χ2v) is 6.27. The lowest BCUT2D eigenvalue weighted by Crippen LogP contribution is -2.26. The molecule has 0 unspecified atom stereocenters. The molecule has 3 heteroatoms. The Morgan fingerprint density at radius 3 is 2.76 bits per heavy atom. The maximum absolute atomic E-state index is 6.32. The molecule has 1 fully saturated rings. The van der Waals surface area contributed by atoms with E-state index in [4.69, 9.17) is 5.73 Å². The molecule has 3 rings (SSSR count). The summed E-state index contributed by atoms with van der Waals surface area (Å²) in [6, 6.07) is 6.76. The molecule has 2 aromatic rings. The van der Waals surface area contributed by atoms with E-state index in [9.17, 15) is 0 Å². The third-order valence-corrected chi connectivity index (χ3v) is 4.77. The lowest BCUT2D eigenvalue weighted by Gasteiger charge is -2.30. The number of pyridine rings is 1. The molecule has 0 spiro atoms. The zero-order chi connectivity index (χ0) is 14.7. The zero-order valence-electron chi connectivity index (χ0n) is 12.8. The summed E-state index contributed by atoms with van der Waals surface area (Å²) < 4.78 is 0. The van der Waals surface area contributed by atoms with E-state index < -0.39 is 0 Å². The van der Waals surface area contributed by atoms with Crippen molar-refractivity contribution in [1.82, 2.24) is 4.98 Å². The summed E-state index contributed by atoms with van der Waals surface area (Å²) in [5.74, 6) is 0.938. The van der Waals surface area contributed by atoms with Crippen molar-refractivity contribution in [3.05, 3.63) is 30.6 Å². The number of fused-ring (bicyclic) bond motifs is 1. The lowest BCUT2D eigenvalue weighted by atomic mass is 9.83. The molecule has 1 aliphatic carbocycles. The fourth-order valence-electron chi connectivity index (χ4n) is 3.54. The molecule has 1 heterocycles. The fraction of sp³-hybridized carbons (Fsp3) is 0.500. The number of aromatic nitrogens is 1. The maximum atomic E-state index is 6.32. The predicted molar refractivity (Wildman–Crippen MR) is 90.4 cm³/mol. The Balaban J connectivity index is 1.70. The van der Waals surface area contributed by atoms with Gasteiger partial charge in [-0.25, -0.2) is 0 Å². The molecule has 1 aromatic heterocycles. The van der Waals surface area contributed by atoms with E-state index in [1.807, 2.05) is 12.3 Å². The van der Waals surface area contributed by atoms with Crippen molar-refractivity contribution < 1.29 is 0 Å². The number of nitrogens with zero attached hydrogens (tertiary/aromatic N) is 1. The van der Waals surface area contributed by atoms with Crippen LogP contribution >= 0.6 is 0 Å². The third-order valence-electron chi connectivity index (χ3n) is 4.77. The van der Waals surface area contributed by atoms with Crippen molar-refractivity contribution in [2.45, 2.75) is 51.5 Å². The minimum Gasteiger partial charge on any atom is -0.397 e. The van der Waals surface area contributed by atoms with Crippen molar-refractivity contribution in [3.8, 4) is 0 Å². The highest BCUT2D eigenvalue weighted by Gasteiger charge is 2.21. The van der Waals surface area contributed by atoms with Crippen LogP contribution in [0.4, 0.5) is 11.4 Å². The summed E-state index contributed by atoms with van der Waals surface area (Å²) in [7, 11) is 0. The molecule has 1 saturated carbocycles. The van der Waals surface area contributed by atoms with E-state index in [2.05, 4.69) is 29.4 Å². The lowest BCUT2D eigenvalue weighted by molar-refractivity contribution is 0.319. The molecule has 0 radical (unpaired) electrons. The van der Waals surface area contributed by atoms with Crippen LogP contribution in [-0.2, 0) is 0 Å². The second-order valence-electron chi connectivity index (χ2n) is 6.27. The van der Waals surface area contributed by atoms with E-state index in [0.717, 1.165) is 28.1 Å². The van der Waals surface area contributed by atoms with Gasteiger partial charge in [-0.1, -0.05) is 25.8 Å². The highest BCUT2D eigenvalue weighted by atomic mass is 14.9. The molecule has 3 nitrogen and oxygen atoms in total. The molecule has 0 atom stereocenters. The van der Waals surface area contributed by atoms with Crippen molar-refractivity contribution in [1.29, 1.82) is 0 Å². The highest BCUT2D eigenvalue weighted by Crippen LogP contribution is 2.33. The third kappa shape index (κ3) is 3.12. The SMILES string of the molecule is CCCC1CCC(Nc2ccc3cnccc3c2N)CC1. The summed E-state index contributed by atoms with van der Waals surface area (Å²) in [6.45, 7) is 2.29. The van der Waals surface area contributed by atoms with E-state index in [1.165, 1.54) is 38.5 Å². The Kier molecular flexibility index (Phi) is 4.28. The van der Waals surface area contributed by atoms with Crippen LogP contribution in [-0.4, -0.2) is 11.0 Å². The molecule has 0 aliphatic heterocycles. The van der Waals surface area contributed by atoms with Gasteiger partial charge in [-0.05, 0) is 43.7 Å². The van der Waals surface area contributed by atoms with Gasteiger partial charge in [-0.2, -0.15) is 0 Å². The average molecular weight is 283 g/mol. The monoisotopic (exact) mass is 283 g/mol. The molecule has 21 heavy (non-hydrogen) atoms. The van der Waals surface area contributed by atoms with Crippen molar-refractivity contribution in [2.75, 3.05) is 11.1 Å². The first-order valence-electron chi connectivity index (χ1n) is 8.16. The molecule has 1 aliphatic rings. The standard InChI is InChI=1S/C18H25N3/c1-2-3-13-4-7-15(8-5-13)21-17-9-6-14-12-20-11-10-16(14)18(17)19/h6,9-13,15,21H,2-5,7-8,19H2,1H3. The van der Waals surface area contributed by atoms with Gasteiger partial charge in [0.1, 0.15) is 0 Å². The molecule has 112 valence electrons. The number of nitrogen functional groups attached to an aromatic ring is 1. The van der Waals surface area contributed by atoms with Gasteiger partial charge in [0.2, 0.25) is 0 Å². The van der Waals surface area contributed by atoms with Crippen LogP contribution in [0, 0.1) is 5.92 Å². The maximum Gasteiger partial charge on any atom is 0.0630 e. The van der Waals surface area contributed by atoms with Gasteiger partial charge in [-0.15, -0.1) is 0 Å². The second kappa shape index (κ2) is 6.33. The Hall–Kier alpha value is -1.77. The molecular formula is C18H25N3. The molecule has 0 saturated heterocycles. The van der Waals surface area contributed by atoms with Gasteiger partial charge in [0.25, 0.3) is 0 Å². The first-order valence-corrected chi connectivity index (χ1v) is 8.16. The van der Waals surface area contributed by atoms with Crippen LogP contribution in [0.5, 0.6) is 0 Å². The summed E-state index contributed by atoms with van der Waals surface area (Å²) in [5.41, 5.74) is 8.25. The zero-order valence-corrected chi connectivity index (χ0v) is 12.8. The number of hydrogen-bond donors (Lipinski definition) is 2. The number of anilines is 2. The van der Waals surface area contributed by atoms with Crippen LogP contribution in [0.1, 0.15) is 45.4 Å². The number of rotatable bonds is 4. The smallest absolute Gasteiger partial charge is 0.0630 e. The molecular weight excluding hydrogens is 258 g/mol. The van der Waals surface area contributed by atoms with E-state index in [-0.39, 0.29) is 0 Å². The van der Waals surface area contributed by atoms with Gasteiger partial charge < -0.3 is 11.1 Å². The van der Waals surface area contributed by atoms with E-state index in [1.54, 1.807) is 6.20 Å². The minimum absolute atomic E-state index is 0.569. The van der Waals surface area contributed by atoms with Crippen molar-refractivity contribution in [2.24, 2.45) is 5.92 Å². The van der Waals surface area contributed by atoms with Gasteiger partial charge >= 0.3 is 0 Å². The summed E-state index contributed by atoms with van der Waals surface area (Å²) in [6.07, 6.45) is 11.6. The summed E-state index contributed by atoms with van der Waals surface area (Å²) in [4.78, 5) is 4.15. The average Bonchev–Trinajstić information content (AvgIpc) is 2.52. The highest BCUT2D eigenvalue weighted by molar-refractivity contribution is 5.98. The molecule has 1 aromatic carbocycles. The fourth-order valence-corrected chi connectivity index (χ4v) is 3.54. The molecule has 0 amide bonds. The van der Waals surface area contributed by atoms with Gasteiger partial charge in [0.15, 0.2) is 0 Å². The van der Waals surface area contributed by atoms with Crippen LogP contribution < -0.4 is 11.1 Å². The van der Waals surface area contributed by atoms with Gasteiger partial charge in [0.05, 0.1) is 11.4 Å². The van der Waals surface area contributed by atoms with E-state index in [0.29, 0.717) is 6.04 Å². The number of nitrogens with two attached hydrogens (primary N) is 1. The van der Waals surface area contributed by atoms with Crippen LogP contribution in [0.3, 0.4) is 0 Å². The quantitative estimate of drug-likeness (QED) is 0.807. The van der Waals surface area contributed by atoms with Gasteiger partial charge in [0, 0.05) is 29.2 Å². The minimum atomic E-state index is 0.569. The number of hydrogen-bond acceptors (Lipinski definition) is 3. The van der Waals surface area contributed by atoms with Crippen molar-refractivity contribution >= 4 is 22.1 Å².